The summed E-state index contributed by atoms with van der Waals surface area (Å²) in [5, 5.41) is 10.9. The van der Waals surface area contributed by atoms with E-state index in [1.54, 1.807) is 0 Å². The summed E-state index contributed by atoms with van der Waals surface area (Å²) in [5.74, 6) is -0.532. The number of aryl methyl sites for hydroxylation is 2. The summed E-state index contributed by atoms with van der Waals surface area (Å²) in [5.41, 5.74) is 0.689. The van der Waals surface area contributed by atoms with Crippen molar-refractivity contribution in [1.29, 1.82) is 0 Å². The first kappa shape index (κ1) is 14.6. The summed E-state index contributed by atoms with van der Waals surface area (Å²) in [6.45, 7) is 3.40. The van der Waals surface area contributed by atoms with Crippen LogP contribution in [0.15, 0.2) is 0 Å². The Balaban J connectivity index is 1.50. The minimum atomic E-state index is -0.651. The second-order valence-corrected chi connectivity index (χ2v) is 8.01. The molecule has 2 aliphatic heterocycles. The van der Waals surface area contributed by atoms with Crippen molar-refractivity contribution >= 4 is 17.3 Å². The van der Waals surface area contributed by atoms with Gasteiger partial charge >= 0.3 is 5.97 Å². The van der Waals surface area contributed by atoms with Crippen LogP contribution in [-0.4, -0.2) is 47.3 Å². The predicted molar refractivity (Wildman–Crippen MR) is 83.0 cm³/mol. The number of ether oxygens (including phenoxy) is 1. The number of hydrogen-bond acceptors (Lipinski definition) is 5. The number of carbonyl (C=O) groups is 1. The van der Waals surface area contributed by atoms with E-state index in [-0.39, 0.29) is 5.92 Å². The maximum absolute atomic E-state index is 11.8. The Hall–Kier alpha value is -0.980. The topological polar surface area (TPSA) is 62.7 Å². The quantitative estimate of drug-likeness (QED) is 0.921. The number of carboxylic acid groups (broad SMARTS) is 1. The Kier molecular flexibility index (Phi) is 3.71. The van der Waals surface area contributed by atoms with Crippen molar-refractivity contribution in [3.05, 3.63) is 15.6 Å². The molecular weight excluding hydrogens is 300 g/mol. The van der Waals surface area contributed by atoms with Gasteiger partial charge in [0.05, 0.1) is 24.3 Å². The number of nitrogens with zero attached hydrogens (tertiary/aromatic N) is 2. The van der Waals surface area contributed by atoms with E-state index in [1.165, 1.54) is 29.8 Å². The number of hydrogen-bond donors (Lipinski definition) is 1. The maximum Gasteiger partial charge on any atom is 0.311 e. The van der Waals surface area contributed by atoms with E-state index in [1.807, 2.05) is 11.3 Å². The number of thiazole rings is 1. The van der Waals surface area contributed by atoms with Gasteiger partial charge in [-0.3, -0.25) is 9.69 Å². The van der Waals surface area contributed by atoms with E-state index in [9.17, 15) is 9.90 Å². The monoisotopic (exact) mass is 322 g/mol. The first-order valence-electron chi connectivity index (χ1n) is 8.18. The van der Waals surface area contributed by atoms with Gasteiger partial charge in [-0.25, -0.2) is 4.98 Å². The molecule has 0 amide bonds. The maximum atomic E-state index is 11.8. The van der Waals surface area contributed by atoms with Gasteiger partial charge in [-0.05, 0) is 32.1 Å². The van der Waals surface area contributed by atoms with Gasteiger partial charge in [-0.15, -0.1) is 11.3 Å². The molecule has 0 aromatic carbocycles. The molecule has 22 heavy (non-hydrogen) atoms. The number of aromatic nitrogens is 1. The van der Waals surface area contributed by atoms with Gasteiger partial charge < -0.3 is 9.84 Å². The molecule has 0 saturated carbocycles. The number of carboxylic acids is 1. The summed E-state index contributed by atoms with van der Waals surface area (Å²) >= 11 is 1.83. The van der Waals surface area contributed by atoms with E-state index in [0.717, 1.165) is 24.5 Å². The Bertz CT molecular complexity index is 564. The van der Waals surface area contributed by atoms with Crippen LogP contribution < -0.4 is 0 Å². The molecule has 5 nitrogen and oxygen atoms in total. The van der Waals surface area contributed by atoms with Gasteiger partial charge in [0.1, 0.15) is 5.01 Å². The summed E-state index contributed by atoms with van der Waals surface area (Å²) in [4.78, 5) is 20.3. The fourth-order valence-corrected chi connectivity index (χ4v) is 5.39. The van der Waals surface area contributed by atoms with E-state index >= 15 is 0 Å². The van der Waals surface area contributed by atoms with Gasteiger partial charge in [0.25, 0.3) is 0 Å². The molecule has 1 aromatic rings. The van der Waals surface area contributed by atoms with Gasteiger partial charge in [-0.2, -0.15) is 0 Å². The van der Waals surface area contributed by atoms with Crippen LogP contribution in [0.2, 0.25) is 0 Å². The second-order valence-electron chi connectivity index (χ2n) is 6.84. The molecule has 3 aliphatic rings. The molecule has 0 unspecified atom stereocenters. The largest absolute Gasteiger partial charge is 0.481 e. The first-order chi connectivity index (χ1) is 10.7. The van der Waals surface area contributed by atoms with Crippen molar-refractivity contribution in [1.82, 2.24) is 9.88 Å². The molecule has 3 heterocycles. The third kappa shape index (κ3) is 2.37. The molecule has 0 bridgehead atoms. The van der Waals surface area contributed by atoms with Crippen LogP contribution in [0.5, 0.6) is 0 Å². The van der Waals surface area contributed by atoms with Crippen LogP contribution in [0.4, 0.5) is 0 Å². The van der Waals surface area contributed by atoms with Crippen LogP contribution in [0.25, 0.3) is 0 Å². The molecule has 6 heteroatoms. The number of rotatable bonds is 3. The van der Waals surface area contributed by atoms with Gasteiger partial charge in [0.15, 0.2) is 0 Å². The SMILES string of the molecule is O=C(O)[C@]12CCOC[C@H]1CN(Cc1nc3c(s1)CCCC3)C2. The molecule has 0 spiro atoms. The molecule has 2 saturated heterocycles. The predicted octanol–water partition coefficient (Wildman–Crippen LogP) is 1.95. The highest BCUT2D eigenvalue weighted by molar-refractivity contribution is 7.11. The lowest BCUT2D eigenvalue weighted by molar-refractivity contribution is -0.157. The Morgan fingerprint density at radius 3 is 3.09 bits per heavy atom. The van der Waals surface area contributed by atoms with E-state index < -0.39 is 11.4 Å². The molecular formula is C16H22N2O3S. The van der Waals surface area contributed by atoms with Crippen molar-refractivity contribution in [2.75, 3.05) is 26.3 Å². The van der Waals surface area contributed by atoms with Crippen LogP contribution in [0.1, 0.15) is 34.8 Å². The van der Waals surface area contributed by atoms with Crippen molar-refractivity contribution in [2.45, 2.75) is 38.6 Å². The fourth-order valence-electron chi connectivity index (χ4n) is 4.19. The highest BCUT2D eigenvalue weighted by Gasteiger charge is 2.53. The van der Waals surface area contributed by atoms with Crippen LogP contribution in [-0.2, 0) is 28.9 Å². The zero-order valence-corrected chi connectivity index (χ0v) is 13.5. The molecule has 0 radical (unpaired) electrons. The van der Waals surface area contributed by atoms with Crippen molar-refractivity contribution in [3.8, 4) is 0 Å². The lowest BCUT2D eigenvalue weighted by Crippen LogP contribution is -2.44. The standard InChI is InChI=1S/C16H22N2O3S/c19-15(20)16-5-6-21-9-11(16)7-18(10-16)8-14-17-12-3-1-2-4-13(12)22-14/h11H,1-10H2,(H,19,20)/t11-,16+/m1/s1. The fraction of sp³-hybridized carbons (Fsp3) is 0.750. The number of likely N-dealkylation sites (tertiary alicyclic amines) is 1. The average Bonchev–Trinajstić information content (AvgIpc) is 3.07. The molecule has 1 aromatic heterocycles. The minimum absolute atomic E-state index is 0.119. The third-order valence-electron chi connectivity index (χ3n) is 5.45. The lowest BCUT2D eigenvalue weighted by Gasteiger charge is -2.34. The Labute approximate surface area is 134 Å². The molecule has 120 valence electrons. The van der Waals surface area contributed by atoms with E-state index in [0.29, 0.717) is 26.2 Å². The minimum Gasteiger partial charge on any atom is -0.481 e. The lowest BCUT2D eigenvalue weighted by atomic mass is 9.74. The van der Waals surface area contributed by atoms with E-state index in [4.69, 9.17) is 9.72 Å². The van der Waals surface area contributed by atoms with Gasteiger partial charge in [0.2, 0.25) is 0 Å². The molecule has 1 aliphatic carbocycles. The third-order valence-corrected chi connectivity index (χ3v) is 6.59. The van der Waals surface area contributed by atoms with Gasteiger partial charge in [0, 0.05) is 30.5 Å². The zero-order chi connectivity index (χ0) is 15.2. The first-order valence-corrected chi connectivity index (χ1v) is 9.00. The van der Waals surface area contributed by atoms with Crippen molar-refractivity contribution in [3.63, 3.8) is 0 Å². The second kappa shape index (κ2) is 5.58. The number of fused-ring (bicyclic) bond motifs is 2. The molecule has 2 atom stereocenters. The number of aliphatic carboxylic acids is 1. The van der Waals surface area contributed by atoms with Crippen LogP contribution >= 0.6 is 11.3 Å². The highest BCUT2D eigenvalue weighted by Crippen LogP contribution is 2.43. The Morgan fingerprint density at radius 2 is 2.32 bits per heavy atom. The smallest absolute Gasteiger partial charge is 0.311 e. The summed E-state index contributed by atoms with van der Waals surface area (Å²) in [7, 11) is 0. The van der Waals surface area contributed by atoms with Crippen molar-refractivity contribution in [2.24, 2.45) is 11.3 Å². The van der Waals surface area contributed by atoms with Crippen molar-refractivity contribution < 1.29 is 14.6 Å². The highest BCUT2D eigenvalue weighted by atomic mass is 32.1. The molecule has 1 N–H and O–H groups in total. The normalized spacial score (nSPS) is 31.7. The van der Waals surface area contributed by atoms with E-state index in [2.05, 4.69) is 4.90 Å². The van der Waals surface area contributed by atoms with Crippen LogP contribution in [0.3, 0.4) is 0 Å². The summed E-state index contributed by atoms with van der Waals surface area (Å²) in [6, 6.07) is 0. The van der Waals surface area contributed by atoms with Crippen LogP contribution in [0, 0.1) is 11.3 Å². The zero-order valence-electron chi connectivity index (χ0n) is 12.7. The average molecular weight is 322 g/mol. The summed E-state index contributed by atoms with van der Waals surface area (Å²) < 4.78 is 5.52. The Morgan fingerprint density at radius 1 is 1.45 bits per heavy atom. The molecule has 2 fully saturated rings. The van der Waals surface area contributed by atoms with Gasteiger partial charge in [-0.1, -0.05) is 0 Å². The summed E-state index contributed by atoms with van der Waals surface area (Å²) in [6.07, 6.45) is 5.45. The molecule has 4 rings (SSSR count).